The molecule has 0 spiro atoms. The second-order valence-electron chi connectivity index (χ2n) is 6.90. The van der Waals surface area contributed by atoms with Crippen molar-refractivity contribution in [3.05, 3.63) is 59.3 Å². The van der Waals surface area contributed by atoms with Gasteiger partial charge in [0, 0.05) is 24.0 Å². The zero-order chi connectivity index (χ0) is 20.4. The van der Waals surface area contributed by atoms with Crippen LogP contribution in [0.25, 0.3) is 10.8 Å². The van der Waals surface area contributed by atoms with Crippen LogP contribution in [-0.2, 0) is 10.0 Å². The molecule has 1 aromatic carbocycles. The number of rotatable bonds is 5. The summed E-state index contributed by atoms with van der Waals surface area (Å²) in [5.41, 5.74) is 0.435. The summed E-state index contributed by atoms with van der Waals surface area (Å²) in [5, 5.41) is 0.682. The van der Waals surface area contributed by atoms with Crippen LogP contribution >= 0.6 is 11.3 Å². The van der Waals surface area contributed by atoms with E-state index in [2.05, 4.69) is 9.71 Å². The maximum absolute atomic E-state index is 12.9. The average molecular weight is 432 g/mol. The fraction of sp³-hybridized carbons (Fsp3) is 0.300. The van der Waals surface area contributed by atoms with Gasteiger partial charge >= 0.3 is 0 Å². The zero-order valence-corrected chi connectivity index (χ0v) is 17.5. The number of nitrogens with zero attached hydrogens (tertiary/aromatic N) is 2. The van der Waals surface area contributed by atoms with Gasteiger partial charge in [-0.2, -0.15) is 0 Å². The van der Waals surface area contributed by atoms with E-state index >= 15 is 0 Å². The van der Waals surface area contributed by atoms with Gasteiger partial charge in [0.2, 0.25) is 10.0 Å². The van der Waals surface area contributed by atoms with E-state index in [0.717, 1.165) is 4.88 Å². The lowest BCUT2D eigenvalue weighted by Crippen LogP contribution is -2.46. The maximum Gasteiger partial charge on any atom is 0.273 e. The monoisotopic (exact) mass is 431 g/mol. The third-order valence-corrected chi connectivity index (χ3v) is 7.41. The van der Waals surface area contributed by atoms with Crippen LogP contribution in [-0.4, -0.2) is 43.3 Å². The first-order chi connectivity index (χ1) is 13.9. The highest BCUT2D eigenvalue weighted by molar-refractivity contribution is 7.89. The zero-order valence-electron chi connectivity index (χ0n) is 15.9. The van der Waals surface area contributed by atoms with Crippen LogP contribution in [0.2, 0.25) is 0 Å². The number of piperidine rings is 1. The standard InChI is InChI=1S/C20H21N3O4S2/c1-14-18(21-19(28-14)17-8-5-13-27-17)20(24)23-11-9-15(10-12-23)22-29(25,26)16-6-3-2-4-7-16/h2-8,13,15,22H,9-12H2,1H3. The smallest absolute Gasteiger partial charge is 0.273 e. The fourth-order valence-corrected chi connectivity index (χ4v) is 5.54. The molecule has 3 aromatic rings. The van der Waals surface area contributed by atoms with Crippen molar-refractivity contribution in [3.63, 3.8) is 0 Å². The van der Waals surface area contributed by atoms with Crippen LogP contribution in [0.4, 0.5) is 0 Å². The Morgan fingerprint density at radius 1 is 1.17 bits per heavy atom. The topological polar surface area (TPSA) is 92.5 Å². The van der Waals surface area contributed by atoms with Crippen molar-refractivity contribution in [1.29, 1.82) is 0 Å². The van der Waals surface area contributed by atoms with Crippen LogP contribution in [0, 0.1) is 6.92 Å². The number of aromatic nitrogens is 1. The number of hydrogen-bond acceptors (Lipinski definition) is 6. The molecule has 1 aliphatic heterocycles. The molecule has 1 N–H and O–H groups in total. The minimum absolute atomic E-state index is 0.124. The lowest BCUT2D eigenvalue weighted by atomic mass is 10.1. The summed E-state index contributed by atoms with van der Waals surface area (Å²) in [6, 6.07) is 11.7. The van der Waals surface area contributed by atoms with Crippen molar-refractivity contribution in [2.45, 2.75) is 30.7 Å². The van der Waals surface area contributed by atoms with Crippen molar-refractivity contribution < 1.29 is 17.6 Å². The third-order valence-electron chi connectivity index (χ3n) is 4.89. The molecule has 0 bridgehead atoms. The Balaban J connectivity index is 1.39. The van der Waals surface area contributed by atoms with Gasteiger partial charge in [-0.25, -0.2) is 18.1 Å². The normalized spacial score (nSPS) is 15.6. The first-order valence-corrected chi connectivity index (χ1v) is 11.6. The highest BCUT2D eigenvalue weighted by atomic mass is 32.2. The number of thiazole rings is 1. The molecule has 152 valence electrons. The number of hydrogen-bond donors (Lipinski definition) is 1. The number of carbonyl (C=O) groups excluding carboxylic acids is 1. The molecule has 0 atom stereocenters. The average Bonchev–Trinajstić information content (AvgIpc) is 3.38. The summed E-state index contributed by atoms with van der Waals surface area (Å²) in [6.07, 6.45) is 2.70. The number of furan rings is 1. The Kier molecular flexibility index (Phi) is 5.53. The molecule has 7 nitrogen and oxygen atoms in total. The Morgan fingerprint density at radius 2 is 1.90 bits per heavy atom. The van der Waals surface area contributed by atoms with Gasteiger partial charge in [0.1, 0.15) is 5.69 Å². The van der Waals surface area contributed by atoms with Crippen molar-refractivity contribution >= 4 is 27.3 Å². The van der Waals surface area contributed by atoms with Gasteiger partial charge in [-0.05, 0) is 44.0 Å². The molecular weight excluding hydrogens is 410 g/mol. The molecule has 3 heterocycles. The Hall–Kier alpha value is -2.49. The van der Waals surface area contributed by atoms with Gasteiger partial charge in [0.25, 0.3) is 5.91 Å². The summed E-state index contributed by atoms with van der Waals surface area (Å²) >= 11 is 1.43. The molecule has 1 fully saturated rings. The summed E-state index contributed by atoms with van der Waals surface area (Å²) in [6.45, 7) is 2.83. The summed E-state index contributed by atoms with van der Waals surface area (Å²) < 4.78 is 33.1. The van der Waals surface area contributed by atoms with Crippen LogP contribution in [0.3, 0.4) is 0 Å². The van der Waals surface area contributed by atoms with Crippen LogP contribution < -0.4 is 4.72 Å². The predicted molar refractivity (Wildman–Crippen MR) is 110 cm³/mol. The molecule has 1 aliphatic rings. The number of aryl methyl sites for hydroxylation is 1. The molecular formula is C20H21N3O4S2. The van der Waals surface area contributed by atoms with E-state index in [1.807, 2.05) is 13.0 Å². The number of sulfonamides is 1. The molecule has 1 saturated heterocycles. The molecule has 29 heavy (non-hydrogen) atoms. The fourth-order valence-electron chi connectivity index (χ4n) is 3.34. The second-order valence-corrected chi connectivity index (χ2v) is 9.82. The van der Waals surface area contributed by atoms with Gasteiger partial charge in [0.15, 0.2) is 10.8 Å². The highest BCUT2D eigenvalue weighted by Gasteiger charge is 2.29. The van der Waals surface area contributed by atoms with Gasteiger partial charge in [-0.15, -0.1) is 11.3 Å². The minimum Gasteiger partial charge on any atom is -0.462 e. The first-order valence-electron chi connectivity index (χ1n) is 9.32. The first kappa shape index (κ1) is 19.8. The van der Waals surface area contributed by atoms with Crippen molar-refractivity contribution in [2.75, 3.05) is 13.1 Å². The van der Waals surface area contributed by atoms with E-state index in [1.54, 1.807) is 47.6 Å². The minimum atomic E-state index is -3.55. The Bertz CT molecular complexity index is 1080. The number of likely N-dealkylation sites (tertiary alicyclic amines) is 1. The lowest BCUT2D eigenvalue weighted by Gasteiger charge is -2.32. The number of carbonyl (C=O) groups is 1. The van der Waals surface area contributed by atoms with Gasteiger partial charge in [0.05, 0.1) is 11.2 Å². The molecule has 0 saturated carbocycles. The van der Waals surface area contributed by atoms with E-state index in [-0.39, 0.29) is 16.8 Å². The SMILES string of the molecule is Cc1sc(-c2ccco2)nc1C(=O)N1CCC(NS(=O)(=O)c2ccccc2)CC1. The van der Waals surface area contributed by atoms with Crippen molar-refractivity contribution in [1.82, 2.24) is 14.6 Å². The predicted octanol–water partition coefficient (Wildman–Crippen LogP) is 3.29. The number of benzene rings is 1. The van der Waals surface area contributed by atoms with Gasteiger partial charge in [-0.3, -0.25) is 4.79 Å². The Morgan fingerprint density at radius 3 is 2.55 bits per heavy atom. The van der Waals surface area contributed by atoms with Gasteiger partial charge in [-0.1, -0.05) is 18.2 Å². The third kappa shape index (κ3) is 4.26. The molecule has 4 rings (SSSR count). The lowest BCUT2D eigenvalue weighted by molar-refractivity contribution is 0.0705. The van der Waals surface area contributed by atoms with Crippen molar-refractivity contribution in [3.8, 4) is 10.8 Å². The van der Waals surface area contributed by atoms with Gasteiger partial charge < -0.3 is 9.32 Å². The number of nitrogens with one attached hydrogen (secondary N) is 1. The van der Waals surface area contributed by atoms with Crippen LogP contribution in [0.5, 0.6) is 0 Å². The summed E-state index contributed by atoms with van der Waals surface area (Å²) in [4.78, 5) is 20.2. The molecule has 1 amide bonds. The maximum atomic E-state index is 12.9. The van der Waals surface area contributed by atoms with E-state index in [1.165, 1.54) is 11.3 Å². The highest BCUT2D eigenvalue weighted by Crippen LogP contribution is 2.29. The number of amides is 1. The summed E-state index contributed by atoms with van der Waals surface area (Å²) in [5.74, 6) is 0.520. The van der Waals surface area contributed by atoms with E-state index in [0.29, 0.717) is 42.4 Å². The molecule has 9 heteroatoms. The second kappa shape index (κ2) is 8.10. The summed E-state index contributed by atoms with van der Waals surface area (Å²) in [7, 11) is -3.55. The quantitative estimate of drug-likeness (QED) is 0.669. The Labute approximate surface area is 173 Å². The molecule has 0 aliphatic carbocycles. The van der Waals surface area contributed by atoms with Crippen LogP contribution in [0.1, 0.15) is 28.2 Å². The molecule has 0 unspecified atom stereocenters. The van der Waals surface area contributed by atoms with E-state index in [9.17, 15) is 13.2 Å². The molecule has 0 radical (unpaired) electrons. The van der Waals surface area contributed by atoms with Crippen molar-refractivity contribution in [2.24, 2.45) is 0 Å². The largest absolute Gasteiger partial charge is 0.462 e. The van der Waals surface area contributed by atoms with Crippen LogP contribution in [0.15, 0.2) is 58.0 Å². The molecule has 2 aromatic heterocycles. The van der Waals surface area contributed by atoms with E-state index < -0.39 is 10.0 Å². The van der Waals surface area contributed by atoms with E-state index in [4.69, 9.17) is 4.42 Å².